The molecule has 0 aliphatic carbocycles. The number of carbonyl (C=O) groups is 2. The number of carboxylic acids is 1. The van der Waals surface area contributed by atoms with Crippen LogP contribution in [0, 0.1) is 13.8 Å². The van der Waals surface area contributed by atoms with Gasteiger partial charge < -0.3 is 15.7 Å². The van der Waals surface area contributed by atoms with E-state index in [4.69, 9.17) is 0 Å². The molecule has 0 aliphatic rings. The maximum Gasteiger partial charge on any atom is 0.329 e. The standard InChI is InChI=1S/C15H21BrN2O3/c1-5-6-15(4,13(19)20)18-14(21)17-12-10(3)7-9(2)8-11(12)16/h7-8H,5-6H2,1-4H3,(H,19,20)(H2,17,18,21). The second-order valence-electron chi connectivity index (χ2n) is 5.41. The van der Waals surface area contributed by atoms with Crippen molar-refractivity contribution in [1.29, 1.82) is 0 Å². The summed E-state index contributed by atoms with van der Waals surface area (Å²) in [5.74, 6) is -1.04. The van der Waals surface area contributed by atoms with E-state index in [2.05, 4.69) is 26.6 Å². The van der Waals surface area contributed by atoms with Crippen molar-refractivity contribution in [3.05, 3.63) is 27.7 Å². The summed E-state index contributed by atoms with van der Waals surface area (Å²) in [7, 11) is 0. The molecule has 0 fully saturated rings. The van der Waals surface area contributed by atoms with Crippen molar-refractivity contribution >= 4 is 33.6 Å². The van der Waals surface area contributed by atoms with E-state index in [1.54, 1.807) is 0 Å². The van der Waals surface area contributed by atoms with Crippen molar-refractivity contribution < 1.29 is 14.7 Å². The second kappa shape index (κ2) is 6.93. The minimum atomic E-state index is -1.27. The highest BCUT2D eigenvalue weighted by molar-refractivity contribution is 9.10. The fourth-order valence-electron chi connectivity index (χ4n) is 2.19. The predicted molar refractivity (Wildman–Crippen MR) is 86.7 cm³/mol. The fourth-order valence-corrected chi connectivity index (χ4v) is 2.97. The van der Waals surface area contributed by atoms with Crippen LogP contribution in [0.15, 0.2) is 16.6 Å². The first kappa shape index (κ1) is 17.5. The van der Waals surface area contributed by atoms with Gasteiger partial charge in [-0.3, -0.25) is 0 Å². The number of carboxylic acid groups (broad SMARTS) is 1. The third-order valence-corrected chi connectivity index (χ3v) is 3.91. The van der Waals surface area contributed by atoms with Crippen LogP contribution in [-0.4, -0.2) is 22.6 Å². The summed E-state index contributed by atoms with van der Waals surface area (Å²) in [5.41, 5.74) is 1.35. The number of hydrogen-bond acceptors (Lipinski definition) is 2. The zero-order valence-corrected chi connectivity index (χ0v) is 14.3. The van der Waals surface area contributed by atoms with Gasteiger partial charge >= 0.3 is 12.0 Å². The normalized spacial score (nSPS) is 13.4. The number of amides is 2. The van der Waals surface area contributed by atoms with Crippen molar-refractivity contribution in [2.24, 2.45) is 0 Å². The van der Waals surface area contributed by atoms with Gasteiger partial charge in [0.1, 0.15) is 5.54 Å². The lowest BCUT2D eigenvalue weighted by Gasteiger charge is -2.26. The highest BCUT2D eigenvalue weighted by atomic mass is 79.9. The van der Waals surface area contributed by atoms with E-state index in [9.17, 15) is 14.7 Å². The van der Waals surface area contributed by atoms with Gasteiger partial charge in [0.05, 0.1) is 5.69 Å². The summed E-state index contributed by atoms with van der Waals surface area (Å²) in [4.78, 5) is 23.4. The summed E-state index contributed by atoms with van der Waals surface area (Å²) in [6.45, 7) is 7.23. The van der Waals surface area contributed by atoms with Crippen LogP contribution in [0.25, 0.3) is 0 Å². The Morgan fingerprint density at radius 2 is 1.95 bits per heavy atom. The molecule has 1 aromatic rings. The van der Waals surface area contributed by atoms with Gasteiger partial charge in [-0.1, -0.05) is 19.4 Å². The number of rotatable bonds is 5. The molecule has 0 saturated heterocycles. The molecule has 0 aromatic heterocycles. The lowest BCUT2D eigenvalue weighted by molar-refractivity contribution is -0.143. The molecule has 21 heavy (non-hydrogen) atoms. The number of aryl methyl sites for hydroxylation is 2. The third-order valence-electron chi connectivity index (χ3n) is 3.28. The molecule has 0 saturated carbocycles. The summed E-state index contributed by atoms with van der Waals surface area (Å²) in [6.07, 6.45) is 1.03. The van der Waals surface area contributed by atoms with Crippen molar-refractivity contribution in [2.45, 2.75) is 46.1 Å². The van der Waals surface area contributed by atoms with Crippen LogP contribution in [0.1, 0.15) is 37.8 Å². The van der Waals surface area contributed by atoms with Gasteiger partial charge in [0.25, 0.3) is 0 Å². The van der Waals surface area contributed by atoms with Crippen LogP contribution >= 0.6 is 15.9 Å². The van der Waals surface area contributed by atoms with E-state index in [1.165, 1.54) is 6.92 Å². The molecule has 5 nitrogen and oxygen atoms in total. The maximum atomic E-state index is 12.1. The first-order valence-electron chi connectivity index (χ1n) is 6.79. The molecule has 1 aromatic carbocycles. The van der Waals surface area contributed by atoms with Crippen molar-refractivity contribution in [3.63, 3.8) is 0 Å². The van der Waals surface area contributed by atoms with Gasteiger partial charge in [0.2, 0.25) is 0 Å². The SMILES string of the molecule is CCCC(C)(NC(=O)Nc1c(C)cc(C)cc1Br)C(=O)O. The quantitative estimate of drug-likeness (QED) is 0.749. The average molecular weight is 357 g/mol. The van der Waals surface area contributed by atoms with E-state index in [0.29, 0.717) is 18.5 Å². The monoisotopic (exact) mass is 356 g/mol. The minimum Gasteiger partial charge on any atom is -0.480 e. The zero-order valence-electron chi connectivity index (χ0n) is 12.7. The molecular formula is C15H21BrN2O3. The lowest BCUT2D eigenvalue weighted by Crippen LogP contribution is -2.53. The Morgan fingerprint density at radius 1 is 1.33 bits per heavy atom. The summed E-state index contributed by atoms with van der Waals surface area (Å²) < 4.78 is 0.766. The van der Waals surface area contributed by atoms with Gasteiger partial charge in [0.15, 0.2) is 0 Å². The maximum absolute atomic E-state index is 12.1. The Bertz CT molecular complexity index is 537. The molecule has 1 unspecified atom stereocenters. The van der Waals surface area contributed by atoms with E-state index in [1.807, 2.05) is 32.9 Å². The zero-order chi connectivity index (χ0) is 16.2. The fraction of sp³-hybridized carbons (Fsp3) is 0.467. The molecule has 116 valence electrons. The molecular weight excluding hydrogens is 336 g/mol. The molecule has 0 heterocycles. The molecule has 0 aliphatic heterocycles. The van der Waals surface area contributed by atoms with E-state index >= 15 is 0 Å². The predicted octanol–water partition coefficient (Wildman–Crippen LogP) is 3.83. The number of carbonyl (C=O) groups excluding carboxylic acids is 1. The van der Waals surface area contributed by atoms with Crippen LogP contribution < -0.4 is 10.6 Å². The van der Waals surface area contributed by atoms with Crippen LogP contribution in [0.5, 0.6) is 0 Å². The van der Waals surface area contributed by atoms with Crippen molar-refractivity contribution in [2.75, 3.05) is 5.32 Å². The molecule has 6 heteroatoms. The van der Waals surface area contributed by atoms with E-state index in [-0.39, 0.29) is 0 Å². The first-order valence-corrected chi connectivity index (χ1v) is 7.58. The highest BCUT2D eigenvalue weighted by Gasteiger charge is 2.34. The second-order valence-corrected chi connectivity index (χ2v) is 6.26. The highest BCUT2D eigenvalue weighted by Crippen LogP contribution is 2.27. The molecule has 0 radical (unpaired) electrons. The number of nitrogens with one attached hydrogen (secondary N) is 2. The third kappa shape index (κ3) is 4.46. The first-order chi connectivity index (χ1) is 9.69. The number of halogens is 1. The van der Waals surface area contributed by atoms with Crippen LogP contribution in [0.4, 0.5) is 10.5 Å². The lowest BCUT2D eigenvalue weighted by atomic mass is 9.96. The summed E-state index contributed by atoms with van der Waals surface area (Å²) in [6, 6.07) is 3.31. The number of benzene rings is 1. The Morgan fingerprint density at radius 3 is 2.43 bits per heavy atom. The summed E-state index contributed by atoms with van der Waals surface area (Å²) in [5, 5.41) is 14.5. The Balaban J connectivity index is 2.89. The molecule has 1 rings (SSSR count). The van der Waals surface area contributed by atoms with Gasteiger partial charge in [0, 0.05) is 4.47 Å². The van der Waals surface area contributed by atoms with Crippen LogP contribution in [0.3, 0.4) is 0 Å². The Hall–Kier alpha value is -1.56. The summed E-state index contributed by atoms with van der Waals surface area (Å²) >= 11 is 3.41. The number of anilines is 1. The smallest absolute Gasteiger partial charge is 0.329 e. The molecule has 0 bridgehead atoms. The number of hydrogen-bond donors (Lipinski definition) is 3. The van der Waals surface area contributed by atoms with E-state index < -0.39 is 17.5 Å². The Kier molecular flexibility index (Phi) is 5.78. The molecule has 2 amide bonds. The topological polar surface area (TPSA) is 78.4 Å². The number of urea groups is 1. The minimum absolute atomic E-state index is 0.365. The molecule has 0 spiro atoms. The molecule has 1 atom stereocenters. The van der Waals surface area contributed by atoms with Gasteiger partial charge in [-0.15, -0.1) is 0 Å². The van der Waals surface area contributed by atoms with E-state index in [0.717, 1.165) is 15.6 Å². The Labute approximate surface area is 133 Å². The van der Waals surface area contributed by atoms with Gasteiger partial charge in [-0.2, -0.15) is 0 Å². The van der Waals surface area contributed by atoms with Crippen molar-refractivity contribution in [1.82, 2.24) is 5.32 Å². The van der Waals surface area contributed by atoms with Crippen molar-refractivity contribution in [3.8, 4) is 0 Å². The average Bonchev–Trinajstić information content (AvgIpc) is 2.33. The van der Waals surface area contributed by atoms with Gasteiger partial charge in [-0.05, 0) is 60.3 Å². The van der Waals surface area contributed by atoms with Crippen LogP contribution in [0.2, 0.25) is 0 Å². The molecule has 3 N–H and O–H groups in total. The van der Waals surface area contributed by atoms with Crippen LogP contribution in [-0.2, 0) is 4.79 Å². The largest absolute Gasteiger partial charge is 0.480 e. The number of aliphatic carboxylic acids is 1. The van der Waals surface area contributed by atoms with Gasteiger partial charge in [-0.25, -0.2) is 9.59 Å².